The van der Waals surface area contributed by atoms with Gasteiger partial charge in [-0.15, -0.1) is 0 Å². The molecule has 0 bridgehead atoms. The molecular weight excluding hydrogens is 320 g/mol. The summed E-state index contributed by atoms with van der Waals surface area (Å²) in [5.74, 6) is 0.879. The molecule has 25 heavy (non-hydrogen) atoms. The maximum absolute atomic E-state index is 12.4. The second kappa shape index (κ2) is 6.90. The molecule has 2 aliphatic rings. The summed E-state index contributed by atoms with van der Waals surface area (Å²) >= 11 is 0. The molecule has 2 saturated heterocycles. The Morgan fingerprint density at radius 1 is 1.12 bits per heavy atom. The molecule has 6 heteroatoms. The van der Waals surface area contributed by atoms with Crippen molar-refractivity contribution < 1.29 is 18.7 Å². The van der Waals surface area contributed by atoms with Crippen LogP contribution in [0, 0.1) is 0 Å². The monoisotopic (exact) mass is 342 g/mol. The molecule has 0 unspecified atom stereocenters. The number of methoxy groups -OCH3 is 1. The van der Waals surface area contributed by atoms with Crippen molar-refractivity contribution in [2.75, 3.05) is 26.8 Å². The molecule has 0 N–H and O–H groups in total. The topological polar surface area (TPSA) is 55.1 Å². The van der Waals surface area contributed by atoms with Gasteiger partial charge in [0.1, 0.15) is 12.4 Å². The van der Waals surface area contributed by atoms with Gasteiger partial charge in [0.2, 0.25) is 5.91 Å². The third-order valence-electron chi connectivity index (χ3n) is 4.95. The fraction of sp³-hybridized carbons (Fsp3) is 0.421. The first-order valence-corrected chi connectivity index (χ1v) is 8.50. The highest BCUT2D eigenvalue weighted by atomic mass is 16.5. The Morgan fingerprint density at radius 2 is 1.96 bits per heavy atom. The smallest absolute Gasteiger partial charge is 0.249 e. The van der Waals surface area contributed by atoms with E-state index in [9.17, 15) is 4.79 Å². The zero-order chi connectivity index (χ0) is 17.2. The minimum absolute atomic E-state index is 0.0576. The van der Waals surface area contributed by atoms with E-state index in [1.807, 2.05) is 35.2 Å². The van der Waals surface area contributed by atoms with Crippen molar-refractivity contribution in [1.82, 2.24) is 9.80 Å². The van der Waals surface area contributed by atoms with E-state index in [0.29, 0.717) is 6.54 Å². The highest BCUT2D eigenvalue weighted by Crippen LogP contribution is 2.26. The molecule has 1 aromatic heterocycles. The summed E-state index contributed by atoms with van der Waals surface area (Å²) in [6.07, 6.45) is 3.53. The molecule has 2 aliphatic heterocycles. The Bertz CT molecular complexity index is 714. The Labute approximate surface area is 146 Å². The van der Waals surface area contributed by atoms with E-state index in [4.69, 9.17) is 13.9 Å². The summed E-state index contributed by atoms with van der Waals surface area (Å²) in [6.45, 7) is 3.24. The average molecular weight is 342 g/mol. The Kier molecular flexibility index (Phi) is 4.46. The summed E-state index contributed by atoms with van der Waals surface area (Å²) in [7, 11) is 1.65. The number of carbonyl (C=O) groups excluding carboxylic acids is 1. The lowest BCUT2D eigenvalue weighted by Crippen LogP contribution is -2.53. The van der Waals surface area contributed by atoms with Crippen LogP contribution in [-0.2, 0) is 22.6 Å². The SMILES string of the molecule is COc1ccc(CN2C(=O)CO[C@@H]3CN(Cc4ccoc4)C[C@H]32)cc1. The predicted molar refractivity (Wildman–Crippen MR) is 91.1 cm³/mol. The van der Waals surface area contributed by atoms with Crippen LogP contribution in [0.25, 0.3) is 0 Å². The molecule has 2 atom stereocenters. The standard InChI is InChI=1S/C19H22N2O4/c1-23-16-4-2-14(3-5-16)9-21-17-10-20(8-15-6-7-24-12-15)11-18(17)25-13-19(21)22/h2-7,12,17-18H,8-11,13H2,1H3/t17-,18-/m1/s1. The normalized spacial score (nSPS) is 23.7. The van der Waals surface area contributed by atoms with E-state index in [2.05, 4.69) is 4.90 Å². The number of likely N-dealkylation sites (tertiary alicyclic amines) is 1. The lowest BCUT2D eigenvalue weighted by Gasteiger charge is -2.36. The van der Waals surface area contributed by atoms with Crippen LogP contribution in [0.5, 0.6) is 5.75 Å². The second-order valence-corrected chi connectivity index (χ2v) is 6.61. The van der Waals surface area contributed by atoms with Gasteiger partial charge in [0.15, 0.2) is 0 Å². The van der Waals surface area contributed by atoms with Gasteiger partial charge in [-0.3, -0.25) is 9.69 Å². The molecule has 0 spiro atoms. The molecule has 3 heterocycles. The highest BCUT2D eigenvalue weighted by molar-refractivity contribution is 5.78. The first-order chi connectivity index (χ1) is 12.2. The number of nitrogens with zero attached hydrogens (tertiary/aromatic N) is 2. The fourth-order valence-electron chi connectivity index (χ4n) is 3.65. The summed E-state index contributed by atoms with van der Waals surface area (Å²) in [5.41, 5.74) is 2.25. The summed E-state index contributed by atoms with van der Waals surface area (Å²) < 4.78 is 16.1. The number of amides is 1. The molecule has 1 aromatic carbocycles. The Hall–Kier alpha value is -2.31. The Morgan fingerprint density at radius 3 is 2.68 bits per heavy atom. The lowest BCUT2D eigenvalue weighted by molar-refractivity contribution is -0.153. The number of hydrogen-bond donors (Lipinski definition) is 0. The zero-order valence-electron chi connectivity index (χ0n) is 14.3. The number of benzene rings is 1. The van der Waals surface area contributed by atoms with Crippen LogP contribution >= 0.6 is 0 Å². The van der Waals surface area contributed by atoms with Crippen molar-refractivity contribution in [2.45, 2.75) is 25.2 Å². The maximum Gasteiger partial charge on any atom is 0.249 e. The third kappa shape index (κ3) is 3.41. The molecule has 132 valence electrons. The van der Waals surface area contributed by atoms with E-state index >= 15 is 0 Å². The summed E-state index contributed by atoms with van der Waals surface area (Å²) in [5, 5.41) is 0. The van der Waals surface area contributed by atoms with Crippen LogP contribution in [-0.4, -0.2) is 54.7 Å². The van der Waals surface area contributed by atoms with Gasteiger partial charge < -0.3 is 18.8 Å². The second-order valence-electron chi connectivity index (χ2n) is 6.61. The van der Waals surface area contributed by atoms with E-state index in [-0.39, 0.29) is 24.7 Å². The number of carbonyl (C=O) groups is 1. The number of morpholine rings is 1. The Balaban J connectivity index is 1.45. The molecule has 6 nitrogen and oxygen atoms in total. The maximum atomic E-state index is 12.4. The van der Waals surface area contributed by atoms with E-state index < -0.39 is 0 Å². The molecule has 4 rings (SSSR count). The number of rotatable bonds is 5. The zero-order valence-corrected chi connectivity index (χ0v) is 14.3. The van der Waals surface area contributed by atoms with Crippen LogP contribution in [0.2, 0.25) is 0 Å². The van der Waals surface area contributed by atoms with Crippen LogP contribution < -0.4 is 4.74 Å². The van der Waals surface area contributed by atoms with E-state index in [1.54, 1.807) is 19.6 Å². The van der Waals surface area contributed by atoms with Gasteiger partial charge in [0.25, 0.3) is 0 Å². The number of hydrogen-bond acceptors (Lipinski definition) is 5. The predicted octanol–water partition coefficient (Wildman–Crippen LogP) is 1.90. The van der Waals surface area contributed by atoms with Gasteiger partial charge in [-0.2, -0.15) is 0 Å². The lowest BCUT2D eigenvalue weighted by atomic mass is 10.1. The fourth-order valence-corrected chi connectivity index (χ4v) is 3.65. The minimum atomic E-state index is 0.0576. The van der Waals surface area contributed by atoms with Crippen molar-refractivity contribution in [2.24, 2.45) is 0 Å². The number of fused-ring (bicyclic) bond motifs is 1. The first-order valence-electron chi connectivity index (χ1n) is 8.50. The van der Waals surface area contributed by atoms with Gasteiger partial charge in [0, 0.05) is 31.7 Å². The van der Waals surface area contributed by atoms with Crippen LogP contribution in [0.3, 0.4) is 0 Å². The van der Waals surface area contributed by atoms with Gasteiger partial charge in [-0.25, -0.2) is 0 Å². The van der Waals surface area contributed by atoms with Gasteiger partial charge in [0.05, 0.1) is 31.8 Å². The van der Waals surface area contributed by atoms with Crippen molar-refractivity contribution in [3.8, 4) is 5.75 Å². The first kappa shape index (κ1) is 16.2. The van der Waals surface area contributed by atoms with Crippen LogP contribution in [0.15, 0.2) is 47.3 Å². The number of ether oxygens (including phenoxy) is 2. The van der Waals surface area contributed by atoms with Crippen molar-refractivity contribution in [1.29, 1.82) is 0 Å². The highest BCUT2D eigenvalue weighted by Gasteiger charge is 2.43. The van der Waals surface area contributed by atoms with Crippen molar-refractivity contribution in [3.05, 3.63) is 54.0 Å². The molecule has 0 aliphatic carbocycles. The molecule has 0 saturated carbocycles. The van der Waals surface area contributed by atoms with Crippen molar-refractivity contribution >= 4 is 5.91 Å². The summed E-state index contributed by atoms with van der Waals surface area (Å²) in [4.78, 5) is 16.7. The van der Waals surface area contributed by atoms with Gasteiger partial charge in [-0.05, 0) is 23.8 Å². The number of furan rings is 1. The van der Waals surface area contributed by atoms with Crippen LogP contribution in [0.4, 0.5) is 0 Å². The minimum Gasteiger partial charge on any atom is -0.497 e. The third-order valence-corrected chi connectivity index (χ3v) is 4.95. The molecular formula is C19H22N2O4. The van der Waals surface area contributed by atoms with E-state index in [0.717, 1.165) is 36.5 Å². The molecule has 2 fully saturated rings. The average Bonchev–Trinajstić information content (AvgIpc) is 3.28. The molecule has 1 amide bonds. The van der Waals surface area contributed by atoms with E-state index in [1.165, 1.54) is 0 Å². The van der Waals surface area contributed by atoms with Crippen LogP contribution in [0.1, 0.15) is 11.1 Å². The molecule has 2 aromatic rings. The van der Waals surface area contributed by atoms with Crippen molar-refractivity contribution in [3.63, 3.8) is 0 Å². The largest absolute Gasteiger partial charge is 0.497 e. The van der Waals surface area contributed by atoms with Gasteiger partial charge in [-0.1, -0.05) is 12.1 Å². The summed E-state index contributed by atoms with van der Waals surface area (Å²) in [6, 6.07) is 9.94. The van der Waals surface area contributed by atoms with Gasteiger partial charge >= 0.3 is 0 Å². The molecule has 0 radical (unpaired) electrons. The quantitative estimate of drug-likeness (QED) is 0.831.